The summed E-state index contributed by atoms with van der Waals surface area (Å²) in [5, 5.41) is 3.49. The smallest absolute Gasteiger partial charge is 0.106 e. The molecule has 3 atom stereocenters. The van der Waals surface area contributed by atoms with E-state index in [0.717, 1.165) is 38.3 Å². The Bertz CT molecular complexity index is 291. The second-order valence-corrected chi connectivity index (χ2v) is 6.56. The number of hydrogen-bond acceptors (Lipinski definition) is 4. The number of nitrogens with one attached hydrogen (secondary N) is 1. The van der Waals surface area contributed by atoms with E-state index in [2.05, 4.69) is 17.3 Å². The molecule has 0 aromatic carbocycles. The quantitative estimate of drug-likeness (QED) is 0.835. The molecule has 4 nitrogen and oxygen atoms in total. The van der Waals surface area contributed by atoms with Gasteiger partial charge in [-0.2, -0.15) is 0 Å². The maximum Gasteiger partial charge on any atom is 0.106 e. The van der Waals surface area contributed by atoms with E-state index >= 15 is 0 Å². The molecule has 4 heteroatoms. The Morgan fingerprint density at radius 2 is 2.05 bits per heavy atom. The van der Waals surface area contributed by atoms with Gasteiger partial charge in [0.15, 0.2) is 0 Å². The average Bonchev–Trinajstić information content (AvgIpc) is 2.87. The number of nitrogens with zero attached hydrogens (tertiary/aromatic N) is 1. The van der Waals surface area contributed by atoms with Crippen LogP contribution in [0.4, 0.5) is 0 Å². The van der Waals surface area contributed by atoms with Gasteiger partial charge in [0.1, 0.15) is 5.60 Å². The highest BCUT2D eigenvalue weighted by molar-refractivity contribution is 4.99. The average molecular weight is 268 g/mol. The standard InChI is InChI=1S/C15H28N2O2/c1-16-12-8-13-4-3-5-14(9-12)17(13)10-15(18-2)6-7-19-11-15/h12-14,16H,3-11H2,1-2H3. The summed E-state index contributed by atoms with van der Waals surface area (Å²) < 4.78 is 11.4. The van der Waals surface area contributed by atoms with Gasteiger partial charge in [-0.3, -0.25) is 4.90 Å². The minimum absolute atomic E-state index is 0.0413. The lowest BCUT2D eigenvalue weighted by atomic mass is 9.80. The molecular formula is C15H28N2O2. The maximum absolute atomic E-state index is 5.84. The molecule has 3 heterocycles. The van der Waals surface area contributed by atoms with Crippen molar-refractivity contribution in [3.05, 3.63) is 0 Å². The van der Waals surface area contributed by atoms with Crippen LogP contribution in [0.15, 0.2) is 0 Å². The van der Waals surface area contributed by atoms with Gasteiger partial charge >= 0.3 is 0 Å². The number of ether oxygens (including phenoxy) is 2. The van der Waals surface area contributed by atoms with Gasteiger partial charge in [-0.05, 0) is 32.7 Å². The summed E-state index contributed by atoms with van der Waals surface area (Å²) in [4.78, 5) is 2.75. The highest BCUT2D eigenvalue weighted by atomic mass is 16.5. The van der Waals surface area contributed by atoms with Crippen LogP contribution in [0.1, 0.15) is 38.5 Å². The zero-order chi connectivity index (χ0) is 13.3. The van der Waals surface area contributed by atoms with E-state index in [-0.39, 0.29) is 5.60 Å². The van der Waals surface area contributed by atoms with Crippen molar-refractivity contribution >= 4 is 0 Å². The Labute approximate surface area is 116 Å². The van der Waals surface area contributed by atoms with E-state index in [1.54, 1.807) is 0 Å². The van der Waals surface area contributed by atoms with E-state index in [1.165, 1.54) is 32.1 Å². The monoisotopic (exact) mass is 268 g/mol. The topological polar surface area (TPSA) is 33.7 Å². The van der Waals surface area contributed by atoms with Crippen molar-refractivity contribution in [3.63, 3.8) is 0 Å². The van der Waals surface area contributed by atoms with Crippen LogP contribution in [-0.4, -0.2) is 62.5 Å². The van der Waals surface area contributed by atoms with E-state index in [1.807, 2.05) is 7.11 Å². The predicted octanol–water partition coefficient (Wildman–Crippen LogP) is 1.40. The second-order valence-electron chi connectivity index (χ2n) is 6.56. The first kappa shape index (κ1) is 13.8. The SMILES string of the molecule is CNC1CC2CCCC(C1)N2CC1(OC)CCOC1. The largest absolute Gasteiger partial charge is 0.378 e. The first-order valence-corrected chi connectivity index (χ1v) is 7.82. The molecule has 2 bridgehead atoms. The summed E-state index contributed by atoms with van der Waals surface area (Å²) in [5.41, 5.74) is -0.0413. The molecule has 0 aromatic heterocycles. The summed E-state index contributed by atoms with van der Waals surface area (Å²) in [6.45, 7) is 2.69. The van der Waals surface area contributed by atoms with Crippen LogP contribution < -0.4 is 5.32 Å². The molecule has 19 heavy (non-hydrogen) atoms. The van der Waals surface area contributed by atoms with Crippen molar-refractivity contribution in [1.29, 1.82) is 0 Å². The van der Waals surface area contributed by atoms with E-state index in [4.69, 9.17) is 9.47 Å². The van der Waals surface area contributed by atoms with Crippen molar-refractivity contribution in [2.45, 2.75) is 62.3 Å². The molecule has 3 aliphatic rings. The Balaban J connectivity index is 1.70. The van der Waals surface area contributed by atoms with Gasteiger partial charge in [0.25, 0.3) is 0 Å². The van der Waals surface area contributed by atoms with Crippen molar-refractivity contribution in [2.24, 2.45) is 0 Å². The van der Waals surface area contributed by atoms with Gasteiger partial charge in [-0.25, -0.2) is 0 Å². The zero-order valence-corrected chi connectivity index (χ0v) is 12.4. The fraction of sp³-hybridized carbons (Fsp3) is 1.00. The molecule has 0 radical (unpaired) electrons. The maximum atomic E-state index is 5.84. The summed E-state index contributed by atoms with van der Waals surface area (Å²) in [7, 11) is 3.96. The fourth-order valence-electron chi connectivity index (χ4n) is 4.24. The highest BCUT2D eigenvalue weighted by Crippen LogP contribution is 2.36. The van der Waals surface area contributed by atoms with E-state index in [9.17, 15) is 0 Å². The molecule has 3 rings (SSSR count). The molecule has 3 unspecified atom stereocenters. The molecule has 0 amide bonds. The lowest BCUT2D eigenvalue weighted by molar-refractivity contribution is -0.0797. The third-order valence-electron chi connectivity index (χ3n) is 5.51. The lowest BCUT2D eigenvalue weighted by Gasteiger charge is -2.51. The fourth-order valence-corrected chi connectivity index (χ4v) is 4.24. The van der Waals surface area contributed by atoms with Crippen LogP contribution in [0.5, 0.6) is 0 Å². The van der Waals surface area contributed by atoms with Crippen LogP contribution >= 0.6 is 0 Å². The number of hydrogen-bond donors (Lipinski definition) is 1. The van der Waals surface area contributed by atoms with Crippen LogP contribution in [0.3, 0.4) is 0 Å². The number of fused-ring (bicyclic) bond motifs is 2. The summed E-state index contributed by atoms with van der Waals surface area (Å²) >= 11 is 0. The van der Waals surface area contributed by atoms with E-state index < -0.39 is 0 Å². The van der Waals surface area contributed by atoms with Crippen molar-refractivity contribution < 1.29 is 9.47 Å². The first-order valence-electron chi connectivity index (χ1n) is 7.82. The third kappa shape index (κ3) is 2.68. The minimum Gasteiger partial charge on any atom is -0.378 e. The van der Waals surface area contributed by atoms with Gasteiger partial charge in [0.05, 0.1) is 6.61 Å². The van der Waals surface area contributed by atoms with Gasteiger partial charge in [0.2, 0.25) is 0 Å². The van der Waals surface area contributed by atoms with Crippen molar-refractivity contribution in [2.75, 3.05) is 33.9 Å². The molecule has 0 aromatic rings. The summed E-state index contributed by atoms with van der Waals surface area (Å²) in [6, 6.07) is 2.21. The molecule has 3 saturated heterocycles. The first-order chi connectivity index (χ1) is 9.26. The molecule has 110 valence electrons. The number of rotatable bonds is 4. The Kier molecular flexibility index (Phi) is 4.13. The molecular weight excluding hydrogens is 240 g/mol. The zero-order valence-electron chi connectivity index (χ0n) is 12.4. The Hall–Kier alpha value is -0.160. The normalized spacial score (nSPS) is 43.6. The molecule has 0 spiro atoms. The predicted molar refractivity (Wildman–Crippen MR) is 75.4 cm³/mol. The minimum atomic E-state index is -0.0413. The number of piperidine rings is 2. The number of methoxy groups -OCH3 is 1. The van der Waals surface area contributed by atoms with Gasteiger partial charge in [-0.1, -0.05) is 6.42 Å². The summed E-state index contributed by atoms with van der Waals surface area (Å²) in [5.74, 6) is 0. The molecule has 1 N–H and O–H groups in total. The highest BCUT2D eigenvalue weighted by Gasteiger charge is 2.44. The van der Waals surface area contributed by atoms with Crippen LogP contribution in [-0.2, 0) is 9.47 Å². The summed E-state index contributed by atoms with van der Waals surface area (Å²) in [6.07, 6.45) is 7.76. The Morgan fingerprint density at radius 1 is 1.32 bits per heavy atom. The van der Waals surface area contributed by atoms with Crippen LogP contribution in [0, 0.1) is 0 Å². The van der Waals surface area contributed by atoms with Gasteiger partial charge < -0.3 is 14.8 Å². The van der Waals surface area contributed by atoms with Gasteiger partial charge in [-0.15, -0.1) is 0 Å². The van der Waals surface area contributed by atoms with E-state index in [0.29, 0.717) is 6.04 Å². The molecule has 0 saturated carbocycles. The third-order valence-corrected chi connectivity index (χ3v) is 5.51. The lowest BCUT2D eigenvalue weighted by Crippen LogP contribution is -2.60. The van der Waals surface area contributed by atoms with Crippen molar-refractivity contribution in [3.8, 4) is 0 Å². The van der Waals surface area contributed by atoms with Gasteiger partial charge in [0, 0.05) is 44.8 Å². The van der Waals surface area contributed by atoms with Crippen LogP contribution in [0.25, 0.3) is 0 Å². The van der Waals surface area contributed by atoms with Crippen molar-refractivity contribution in [1.82, 2.24) is 10.2 Å². The second kappa shape index (κ2) is 5.68. The molecule has 3 aliphatic heterocycles. The van der Waals surface area contributed by atoms with Crippen LogP contribution in [0.2, 0.25) is 0 Å². The Morgan fingerprint density at radius 3 is 2.58 bits per heavy atom. The molecule has 0 aliphatic carbocycles. The molecule has 3 fully saturated rings.